The van der Waals surface area contributed by atoms with Gasteiger partial charge in [-0.3, -0.25) is 19.7 Å². The highest BCUT2D eigenvalue weighted by Crippen LogP contribution is 2.39. The van der Waals surface area contributed by atoms with Gasteiger partial charge in [0.2, 0.25) is 5.82 Å². The Morgan fingerprint density at radius 1 is 1.42 bits per heavy atom. The summed E-state index contributed by atoms with van der Waals surface area (Å²) in [6.07, 6.45) is 0.184. The van der Waals surface area contributed by atoms with Crippen molar-refractivity contribution in [3.05, 3.63) is 34.1 Å². The van der Waals surface area contributed by atoms with Gasteiger partial charge in [0, 0.05) is 12.1 Å². The van der Waals surface area contributed by atoms with E-state index < -0.39 is 40.2 Å². The summed E-state index contributed by atoms with van der Waals surface area (Å²) in [7, 11) is 0. The van der Waals surface area contributed by atoms with Gasteiger partial charge in [-0.2, -0.15) is 4.39 Å². The van der Waals surface area contributed by atoms with Gasteiger partial charge in [-0.25, -0.2) is 0 Å². The number of ether oxygens (including phenoxy) is 1. The van der Waals surface area contributed by atoms with Gasteiger partial charge in [-0.15, -0.1) is 0 Å². The van der Waals surface area contributed by atoms with E-state index in [0.29, 0.717) is 6.07 Å². The summed E-state index contributed by atoms with van der Waals surface area (Å²) < 4.78 is 18.0. The van der Waals surface area contributed by atoms with Gasteiger partial charge in [-0.1, -0.05) is 0 Å². The SMILES string of the molecule is O=C(O)[C@@H]1C[C@H]1C(=O)Oc1ccc([N+](=O)[O-])c(F)c1. The molecule has 2 atom stereocenters. The van der Waals surface area contributed by atoms with Gasteiger partial charge in [0.25, 0.3) is 0 Å². The molecule has 8 heteroatoms. The van der Waals surface area contributed by atoms with Gasteiger partial charge < -0.3 is 9.84 Å². The average molecular weight is 269 g/mol. The predicted molar refractivity (Wildman–Crippen MR) is 57.9 cm³/mol. The predicted octanol–water partition coefficient (Wildman–Crippen LogP) is 1.36. The average Bonchev–Trinajstić information content (AvgIpc) is 3.08. The molecule has 19 heavy (non-hydrogen) atoms. The van der Waals surface area contributed by atoms with E-state index in [-0.39, 0.29) is 12.2 Å². The fraction of sp³-hybridized carbons (Fsp3) is 0.273. The Kier molecular flexibility index (Phi) is 3.16. The van der Waals surface area contributed by atoms with E-state index in [1.807, 2.05) is 0 Å². The summed E-state index contributed by atoms with van der Waals surface area (Å²) in [6.45, 7) is 0. The molecule has 1 aromatic carbocycles. The Bertz CT molecular complexity index is 572. The fourth-order valence-electron chi connectivity index (χ4n) is 1.62. The number of nitro groups is 1. The summed E-state index contributed by atoms with van der Waals surface area (Å²) >= 11 is 0. The minimum Gasteiger partial charge on any atom is -0.481 e. The van der Waals surface area contributed by atoms with E-state index >= 15 is 0 Å². The number of benzene rings is 1. The fourth-order valence-corrected chi connectivity index (χ4v) is 1.62. The lowest BCUT2D eigenvalue weighted by Gasteiger charge is -2.03. The summed E-state index contributed by atoms with van der Waals surface area (Å²) in [5.41, 5.74) is -0.727. The highest BCUT2D eigenvalue weighted by molar-refractivity contribution is 5.87. The van der Waals surface area contributed by atoms with Crippen LogP contribution in [0.1, 0.15) is 6.42 Å². The first-order valence-electron chi connectivity index (χ1n) is 5.28. The zero-order valence-electron chi connectivity index (χ0n) is 9.41. The molecule has 1 saturated carbocycles. The van der Waals surface area contributed by atoms with Crippen molar-refractivity contribution in [2.45, 2.75) is 6.42 Å². The number of carbonyl (C=O) groups excluding carboxylic acids is 1. The lowest BCUT2D eigenvalue weighted by Crippen LogP contribution is -2.14. The summed E-state index contributed by atoms with van der Waals surface area (Å²) in [6, 6.07) is 2.67. The van der Waals surface area contributed by atoms with E-state index in [2.05, 4.69) is 0 Å². The number of halogens is 1. The highest BCUT2D eigenvalue weighted by atomic mass is 19.1. The van der Waals surface area contributed by atoms with E-state index in [0.717, 1.165) is 12.1 Å². The lowest BCUT2D eigenvalue weighted by molar-refractivity contribution is -0.387. The van der Waals surface area contributed by atoms with Crippen molar-refractivity contribution in [3.63, 3.8) is 0 Å². The third-order valence-electron chi connectivity index (χ3n) is 2.74. The smallest absolute Gasteiger partial charge is 0.315 e. The minimum absolute atomic E-state index is 0.184. The number of carboxylic acids is 1. The molecule has 1 aliphatic carbocycles. The Hall–Kier alpha value is -2.51. The van der Waals surface area contributed by atoms with Crippen LogP contribution in [-0.2, 0) is 9.59 Å². The molecule has 0 unspecified atom stereocenters. The van der Waals surface area contributed by atoms with Crippen LogP contribution in [0.3, 0.4) is 0 Å². The van der Waals surface area contributed by atoms with Crippen LogP contribution in [-0.4, -0.2) is 22.0 Å². The summed E-state index contributed by atoms with van der Waals surface area (Å²) in [5, 5.41) is 19.0. The second-order valence-electron chi connectivity index (χ2n) is 4.08. The normalized spacial score (nSPS) is 20.7. The minimum atomic E-state index is -1.12. The molecule has 0 amide bonds. The first kappa shape index (κ1) is 12.9. The van der Waals surface area contributed by atoms with Crippen LogP contribution in [0.15, 0.2) is 18.2 Å². The number of nitro benzene ring substituents is 1. The summed E-state index contributed by atoms with van der Waals surface area (Å²) in [5.74, 6) is -4.69. The van der Waals surface area contributed by atoms with Gasteiger partial charge >= 0.3 is 17.6 Å². The first-order chi connectivity index (χ1) is 8.90. The van der Waals surface area contributed by atoms with Crippen molar-refractivity contribution in [1.29, 1.82) is 0 Å². The van der Waals surface area contributed by atoms with Crippen molar-refractivity contribution < 1.29 is 28.7 Å². The van der Waals surface area contributed by atoms with Crippen LogP contribution in [0.5, 0.6) is 5.75 Å². The quantitative estimate of drug-likeness (QED) is 0.383. The van der Waals surface area contributed by atoms with Crippen molar-refractivity contribution in [1.82, 2.24) is 0 Å². The van der Waals surface area contributed by atoms with Crippen LogP contribution in [0.2, 0.25) is 0 Å². The second kappa shape index (κ2) is 4.63. The molecule has 2 rings (SSSR count). The van der Waals surface area contributed by atoms with Crippen LogP contribution in [0.4, 0.5) is 10.1 Å². The molecular weight excluding hydrogens is 261 g/mol. The number of hydrogen-bond donors (Lipinski definition) is 1. The molecule has 0 heterocycles. The molecule has 1 fully saturated rings. The number of carboxylic acid groups (broad SMARTS) is 1. The number of carbonyl (C=O) groups is 2. The molecule has 0 saturated heterocycles. The maximum Gasteiger partial charge on any atom is 0.315 e. The lowest BCUT2D eigenvalue weighted by atomic mass is 10.3. The maximum absolute atomic E-state index is 13.2. The molecule has 0 aliphatic heterocycles. The molecule has 100 valence electrons. The topological polar surface area (TPSA) is 107 Å². The number of nitrogens with zero attached hydrogens (tertiary/aromatic N) is 1. The third-order valence-corrected chi connectivity index (χ3v) is 2.74. The Morgan fingerprint density at radius 3 is 2.58 bits per heavy atom. The highest BCUT2D eigenvalue weighted by Gasteiger charge is 2.49. The van der Waals surface area contributed by atoms with E-state index in [4.69, 9.17) is 9.84 Å². The van der Waals surface area contributed by atoms with Crippen LogP contribution in [0.25, 0.3) is 0 Å². The van der Waals surface area contributed by atoms with E-state index in [1.54, 1.807) is 0 Å². The van der Waals surface area contributed by atoms with Gasteiger partial charge in [-0.05, 0) is 12.5 Å². The number of hydrogen-bond acceptors (Lipinski definition) is 5. The van der Waals surface area contributed by atoms with Crippen molar-refractivity contribution in [2.75, 3.05) is 0 Å². The second-order valence-corrected chi connectivity index (χ2v) is 4.08. The first-order valence-corrected chi connectivity index (χ1v) is 5.28. The van der Waals surface area contributed by atoms with Crippen LogP contribution in [0, 0.1) is 27.8 Å². The molecule has 1 aromatic rings. The van der Waals surface area contributed by atoms with Crippen molar-refractivity contribution in [2.24, 2.45) is 11.8 Å². The molecule has 0 bridgehead atoms. The molecule has 0 spiro atoms. The van der Waals surface area contributed by atoms with E-state index in [1.165, 1.54) is 0 Å². The van der Waals surface area contributed by atoms with Crippen LogP contribution >= 0.6 is 0 Å². The molecule has 1 N–H and O–H groups in total. The van der Waals surface area contributed by atoms with Crippen molar-refractivity contribution in [3.8, 4) is 5.75 Å². The zero-order valence-corrected chi connectivity index (χ0v) is 9.41. The monoisotopic (exact) mass is 269 g/mol. The van der Waals surface area contributed by atoms with Gasteiger partial charge in [0.05, 0.1) is 16.8 Å². The molecule has 7 nitrogen and oxygen atoms in total. The Balaban J connectivity index is 2.04. The molecule has 0 aromatic heterocycles. The standard InChI is InChI=1S/C11H8FNO6/c12-8-3-5(1-2-9(8)13(17)18)19-11(16)7-4-6(7)10(14)15/h1-3,6-7H,4H2,(H,14,15)/t6-,7-/m1/s1. The maximum atomic E-state index is 13.2. The number of rotatable bonds is 4. The largest absolute Gasteiger partial charge is 0.481 e. The van der Waals surface area contributed by atoms with Crippen LogP contribution < -0.4 is 4.74 Å². The van der Waals surface area contributed by atoms with Crippen molar-refractivity contribution >= 4 is 17.6 Å². The Labute approximate surface area is 105 Å². The molecule has 0 radical (unpaired) electrons. The molecule has 1 aliphatic rings. The van der Waals surface area contributed by atoms with Gasteiger partial charge in [0.1, 0.15) is 5.75 Å². The number of esters is 1. The number of aliphatic carboxylic acids is 1. The molecular formula is C11H8FNO6. The summed E-state index contributed by atoms with van der Waals surface area (Å²) in [4.78, 5) is 31.5. The Morgan fingerprint density at radius 2 is 2.11 bits per heavy atom. The van der Waals surface area contributed by atoms with E-state index in [9.17, 15) is 24.1 Å². The zero-order chi connectivity index (χ0) is 14.2. The van der Waals surface area contributed by atoms with Gasteiger partial charge in [0.15, 0.2) is 0 Å². The third kappa shape index (κ3) is 2.67.